The number of hydrogen-bond donors (Lipinski definition) is 1. The minimum atomic E-state index is -0.0714. The summed E-state index contributed by atoms with van der Waals surface area (Å²) in [6, 6.07) is 10.4. The van der Waals surface area contributed by atoms with Crippen LogP contribution in [0.1, 0.15) is 42.6 Å². The van der Waals surface area contributed by atoms with Gasteiger partial charge in [0.2, 0.25) is 0 Å². The molecule has 1 atom stereocenters. The van der Waals surface area contributed by atoms with Crippen molar-refractivity contribution in [1.29, 1.82) is 0 Å². The molecule has 0 aliphatic carbocycles. The maximum atomic E-state index is 6.13. The first kappa shape index (κ1) is 12.7. The van der Waals surface area contributed by atoms with Crippen LogP contribution >= 0.6 is 0 Å². The summed E-state index contributed by atoms with van der Waals surface area (Å²) in [6.07, 6.45) is 4.07. The van der Waals surface area contributed by atoms with Crippen molar-refractivity contribution in [3.05, 3.63) is 59.7 Å². The highest BCUT2D eigenvalue weighted by Crippen LogP contribution is 2.18. The summed E-state index contributed by atoms with van der Waals surface area (Å²) < 4.78 is 0. The topological polar surface area (TPSA) is 51.8 Å². The van der Waals surface area contributed by atoms with E-state index in [1.165, 1.54) is 17.5 Å². The average molecular weight is 241 g/mol. The molecule has 1 aromatic carbocycles. The predicted octanol–water partition coefficient (Wildman–Crippen LogP) is 2.84. The largest absolute Gasteiger partial charge is 0.322 e. The summed E-state index contributed by atoms with van der Waals surface area (Å²) >= 11 is 0. The molecule has 94 valence electrons. The molecular weight excluding hydrogens is 222 g/mol. The average Bonchev–Trinajstić information content (AvgIpc) is 2.40. The zero-order valence-corrected chi connectivity index (χ0v) is 10.9. The highest BCUT2D eigenvalue weighted by Gasteiger charge is 2.08. The first-order valence-corrected chi connectivity index (χ1v) is 6.27. The molecule has 2 rings (SSSR count). The normalized spacial score (nSPS) is 12.7. The summed E-state index contributed by atoms with van der Waals surface area (Å²) in [4.78, 5) is 8.08. The highest BCUT2D eigenvalue weighted by molar-refractivity contribution is 5.26. The highest BCUT2D eigenvalue weighted by atomic mass is 14.8. The van der Waals surface area contributed by atoms with Gasteiger partial charge in [-0.1, -0.05) is 38.1 Å². The van der Waals surface area contributed by atoms with Gasteiger partial charge in [0, 0.05) is 6.20 Å². The van der Waals surface area contributed by atoms with E-state index in [0.717, 1.165) is 12.1 Å². The van der Waals surface area contributed by atoms with Gasteiger partial charge in [-0.25, -0.2) is 9.97 Å². The molecule has 0 spiro atoms. The Morgan fingerprint density at radius 1 is 1.11 bits per heavy atom. The second-order valence-corrected chi connectivity index (χ2v) is 4.84. The van der Waals surface area contributed by atoms with Crippen LogP contribution < -0.4 is 5.73 Å². The predicted molar refractivity (Wildman–Crippen MR) is 73.2 cm³/mol. The molecule has 0 fully saturated rings. The van der Waals surface area contributed by atoms with Gasteiger partial charge in [-0.05, 0) is 29.5 Å². The van der Waals surface area contributed by atoms with E-state index in [1.54, 1.807) is 6.20 Å². The lowest BCUT2D eigenvalue weighted by Crippen LogP contribution is -2.14. The Hall–Kier alpha value is -1.74. The monoisotopic (exact) mass is 241 g/mol. The molecule has 18 heavy (non-hydrogen) atoms. The molecule has 0 bridgehead atoms. The van der Waals surface area contributed by atoms with Gasteiger partial charge in [0.25, 0.3) is 0 Å². The number of nitrogens with zero attached hydrogens (tertiary/aromatic N) is 2. The van der Waals surface area contributed by atoms with Crippen molar-refractivity contribution < 1.29 is 0 Å². The number of rotatable bonds is 4. The second kappa shape index (κ2) is 5.74. The lowest BCUT2D eigenvalue weighted by molar-refractivity contribution is 0.692. The first-order chi connectivity index (χ1) is 8.66. The SMILES string of the molecule is CC(C)c1ccc(CC(N)c2ccncn2)cc1. The Morgan fingerprint density at radius 2 is 1.83 bits per heavy atom. The molecule has 0 amide bonds. The van der Waals surface area contributed by atoms with Crippen molar-refractivity contribution in [2.24, 2.45) is 5.73 Å². The summed E-state index contributed by atoms with van der Waals surface area (Å²) in [5, 5.41) is 0. The van der Waals surface area contributed by atoms with E-state index >= 15 is 0 Å². The molecule has 0 aliphatic rings. The fourth-order valence-electron chi connectivity index (χ4n) is 1.92. The van der Waals surface area contributed by atoms with Crippen LogP contribution in [0, 0.1) is 0 Å². The number of hydrogen-bond acceptors (Lipinski definition) is 3. The fraction of sp³-hybridized carbons (Fsp3) is 0.333. The lowest BCUT2D eigenvalue weighted by atomic mass is 9.98. The van der Waals surface area contributed by atoms with Gasteiger partial charge in [0.15, 0.2) is 0 Å². The van der Waals surface area contributed by atoms with Crippen molar-refractivity contribution in [2.75, 3.05) is 0 Å². The molecule has 3 nitrogen and oxygen atoms in total. The van der Waals surface area contributed by atoms with Crippen LogP contribution in [-0.4, -0.2) is 9.97 Å². The third kappa shape index (κ3) is 3.14. The Balaban J connectivity index is 2.05. The molecule has 0 radical (unpaired) electrons. The molecule has 0 saturated heterocycles. The molecular formula is C15H19N3. The summed E-state index contributed by atoms with van der Waals surface area (Å²) in [6.45, 7) is 4.39. The van der Waals surface area contributed by atoms with Gasteiger partial charge in [0.1, 0.15) is 6.33 Å². The standard InChI is InChI=1S/C15H19N3/c1-11(2)13-5-3-12(4-6-13)9-14(16)15-7-8-17-10-18-15/h3-8,10-11,14H,9,16H2,1-2H3. The summed E-state index contributed by atoms with van der Waals surface area (Å²) in [7, 11) is 0. The zero-order valence-electron chi connectivity index (χ0n) is 10.9. The molecule has 1 aromatic heterocycles. The smallest absolute Gasteiger partial charge is 0.115 e. The van der Waals surface area contributed by atoms with E-state index in [4.69, 9.17) is 5.73 Å². The lowest BCUT2D eigenvalue weighted by Gasteiger charge is -2.12. The van der Waals surface area contributed by atoms with Crippen molar-refractivity contribution in [3.8, 4) is 0 Å². The summed E-state index contributed by atoms with van der Waals surface area (Å²) in [5.41, 5.74) is 9.62. The van der Waals surface area contributed by atoms with Crippen LogP contribution in [0.5, 0.6) is 0 Å². The van der Waals surface area contributed by atoms with Gasteiger partial charge >= 0.3 is 0 Å². The Bertz CT molecular complexity index is 477. The van der Waals surface area contributed by atoms with E-state index < -0.39 is 0 Å². The van der Waals surface area contributed by atoms with Crippen LogP contribution in [0.4, 0.5) is 0 Å². The fourth-order valence-corrected chi connectivity index (χ4v) is 1.92. The van der Waals surface area contributed by atoms with Gasteiger partial charge in [-0.15, -0.1) is 0 Å². The second-order valence-electron chi connectivity index (χ2n) is 4.84. The van der Waals surface area contributed by atoms with E-state index in [-0.39, 0.29) is 6.04 Å². The van der Waals surface area contributed by atoms with E-state index in [0.29, 0.717) is 5.92 Å². The van der Waals surface area contributed by atoms with Crippen molar-refractivity contribution in [1.82, 2.24) is 9.97 Å². The molecule has 1 heterocycles. The van der Waals surface area contributed by atoms with E-state index in [1.807, 2.05) is 6.07 Å². The minimum absolute atomic E-state index is 0.0714. The number of aromatic nitrogens is 2. The van der Waals surface area contributed by atoms with Gasteiger partial charge in [-0.2, -0.15) is 0 Å². The number of benzene rings is 1. The molecule has 1 unspecified atom stereocenters. The maximum absolute atomic E-state index is 6.13. The third-order valence-electron chi connectivity index (χ3n) is 3.09. The maximum Gasteiger partial charge on any atom is 0.115 e. The van der Waals surface area contributed by atoms with Crippen LogP contribution in [-0.2, 0) is 6.42 Å². The Kier molecular flexibility index (Phi) is 4.05. The summed E-state index contributed by atoms with van der Waals surface area (Å²) in [5.74, 6) is 0.564. The first-order valence-electron chi connectivity index (χ1n) is 6.27. The molecule has 3 heteroatoms. The van der Waals surface area contributed by atoms with Crippen LogP contribution in [0.2, 0.25) is 0 Å². The Morgan fingerprint density at radius 3 is 2.39 bits per heavy atom. The zero-order chi connectivity index (χ0) is 13.0. The van der Waals surface area contributed by atoms with Crippen molar-refractivity contribution in [2.45, 2.75) is 32.2 Å². The van der Waals surface area contributed by atoms with Crippen LogP contribution in [0.15, 0.2) is 42.9 Å². The van der Waals surface area contributed by atoms with Crippen molar-refractivity contribution >= 4 is 0 Å². The number of nitrogens with two attached hydrogens (primary N) is 1. The molecule has 0 aliphatic heterocycles. The quantitative estimate of drug-likeness (QED) is 0.895. The van der Waals surface area contributed by atoms with Crippen LogP contribution in [0.25, 0.3) is 0 Å². The Labute approximate surface area is 108 Å². The van der Waals surface area contributed by atoms with Gasteiger partial charge < -0.3 is 5.73 Å². The molecule has 2 N–H and O–H groups in total. The van der Waals surface area contributed by atoms with E-state index in [9.17, 15) is 0 Å². The minimum Gasteiger partial charge on any atom is -0.322 e. The van der Waals surface area contributed by atoms with Gasteiger partial charge in [0.05, 0.1) is 11.7 Å². The van der Waals surface area contributed by atoms with Crippen LogP contribution in [0.3, 0.4) is 0 Å². The molecule has 2 aromatic rings. The van der Waals surface area contributed by atoms with Crippen molar-refractivity contribution in [3.63, 3.8) is 0 Å². The van der Waals surface area contributed by atoms with E-state index in [2.05, 4.69) is 48.1 Å². The molecule has 0 saturated carbocycles. The third-order valence-corrected chi connectivity index (χ3v) is 3.09. The van der Waals surface area contributed by atoms with Gasteiger partial charge in [-0.3, -0.25) is 0 Å².